The van der Waals surface area contributed by atoms with Crippen LogP contribution < -0.4 is 5.32 Å². The second-order valence-corrected chi connectivity index (χ2v) is 6.49. The van der Waals surface area contributed by atoms with Gasteiger partial charge in [0.1, 0.15) is 10.8 Å². The molecule has 0 atom stereocenters. The summed E-state index contributed by atoms with van der Waals surface area (Å²) in [5.41, 5.74) is 2.79. The average Bonchev–Trinajstić information content (AvgIpc) is 3.12. The number of nitrogens with zero attached hydrogens (tertiary/aromatic N) is 3. The van der Waals surface area contributed by atoms with Crippen molar-refractivity contribution in [2.75, 3.05) is 11.9 Å². The number of thiazole rings is 1. The molecule has 5 nitrogen and oxygen atoms in total. The second kappa shape index (κ2) is 7.12. The lowest BCUT2D eigenvalue weighted by molar-refractivity contribution is 0.270. The molecule has 2 heterocycles. The first-order valence-corrected chi connectivity index (χ1v) is 8.51. The zero-order chi connectivity index (χ0) is 16.2. The third kappa shape index (κ3) is 3.90. The highest BCUT2D eigenvalue weighted by atomic mass is 35.5. The Morgan fingerprint density at radius 2 is 2.22 bits per heavy atom. The van der Waals surface area contributed by atoms with Crippen molar-refractivity contribution in [1.29, 1.82) is 0 Å². The number of aliphatic hydroxyl groups is 1. The number of rotatable bonds is 6. The predicted molar refractivity (Wildman–Crippen MR) is 93.9 cm³/mol. The third-order valence-corrected chi connectivity index (χ3v) is 4.50. The maximum atomic E-state index is 9.24. The van der Waals surface area contributed by atoms with E-state index in [1.165, 1.54) is 0 Å². The van der Waals surface area contributed by atoms with Crippen LogP contribution in [-0.4, -0.2) is 26.5 Å². The molecule has 120 valence electrons. The molecule has 2 N–H and O–H groups in total. The smallest absolute Gasteiger partial charge is 0.125 e. The van der Waals surface area contributed by atoms with Crippen molar-refractivity contribution in [1.82, 2.24) is 14.8 Å². The van der Waals surface area contributed by atoms with Crippen molar-refractivity contribution in [3.63, 3.8) is 0 Å². The molecule has 0 radical (unpaired) electrons. The Bertz CT molecular complexity index is 799. The molecule has 3 rings (SSSR count). The van der Waals surface area contributed by atoms with Gasteiger partial charge in [0.05, 0.1) is 25.4 Å². The zero-order valence-electron chi connectivity index (χ0n) is 12.7. The molecule has 23 heavy (non-hydrogen) atoms. The van der Waals surface area contributed by atoms with Gasteiger partial charge >= 0.3 is 0 Å². The van der Waals surface area contributed by atoms with Crippen molar-refractivity contribution < 1.29 is 5.11 Å². The number of aliphatic hydroxyl groups excluding tert-OH is 1. The van der Waals surface area contributed by atoms with Gasteiger partial charge in [0.2, 0.25) is 0 Å². The van der Waals surface area contributed by atoms with Crippen molar-refractivity contribution in [3.05, 3.63) is 51.4 Å². The first kappa shape index (κ1) is 16.0. The molecular weight excluding hydrogens is 332 g/mol. The van der Waals surface area contributed by atoms with Gasteiger partial charge < -0.3 is 10.4 Å². The monoisotopic (exact) mass is 348 g/mol. The predicted octanol–water partition coefficient (Wildman–Crippen LogP) is 3.57. The fourth-order valence-corrected chi connectivity index (χ4v) is 3.16. The van der Waals surface area contributed by atoms with E-state index in [4.69, 9.17) is 11.6 Å². The number of hydrogen-bond donors (Lipinski definition) is 2. The summed E-state index contributed by atoms with van der Waals surface area (Å²) in [4.78, 5) is 4.44. The second-order valence-electron chi connectivity index (χ2n) is 5.11. The number of anilines is 1. The Labute approximate surface area is 143 Å². The fourth-order valence-electron chi connectivity index (χ4n) is 2.26. The Morgan fingerprint density at radius 3 is 2.91 bits per heavy atom. The van der Waals surface area contributed by atoms with E-state index in [1.807, 2.05) is 42.6 Å². The summed E-state index contributed by atoms with van der Waals surface area (Å²) in [6.07, 6.45) is 0. The summed E-state index contributed by atoms with van der Waals surface area (Å²) >= 11 is 7.67. The minimum atomic E-state index is 0.0295. The minimum absolute atomic E-state index is 0.0295. The van der Waals surface area contributed by atoms with Gasteiger partial charge in [-0.3, -0.25) is 0 Å². The largest absolute Gasteiger partial charge is 0.394 e. The lowest BCUT2D eigenvalue weighted by Gasteiger charge is -2.06. The summed E-state index contributed by atoms with van der Waals surface area (Å²) in [5, 5.41) is 20.8. The first-order valence-electron chi connectivity index (χ1n) is 7.25. The average molecular weight is 349 g/mol. The number of nitrogens with one attached hydrogen (secondary N) is 1. The molecule has 3 aromatic rings. The van der Waals surface area contributed by atoms with Crippen LogP contribution in [0, 0.1) is 6.92 Å². The van der Waals surface area contributed by atoms with Crippen LogP contribution in [0.3, 0.4) is 0 Å². The maximum absolute atomic E-state index is 9.24. The van der Waals surface area contributed by atoms with E-state index in [9.17, 15) is 5.11 Å². The van der Waals surface area contributed by atoms with Gasteiger partial charge in [-0.2, -0.15) is 5.10 Å². The third-order valence-electron chi connectivity index (χ3n) is 3.30. The molecule has 0 spiro atoms. The minimum Gasteiger partial charge on any atom is -0.394 e. The fraction of sp³-hybridized carbons (Fsp3) is 0.250. The van der Waals surface area contributed by atoms with E-state index in [2.05, 4.69) is 15.4 Å². The molecule has 0 bridgehead atoms. The maximum Gasteiger partial charge on any atom is 0.125 e. The number of aryl methyl sites for hydroxylation is 1. The van der Waals surface area contributed by atoms with Crippen LogP contribution in [0.5, 0.6) is 0 Å². The normalized spacial score (nSPS) is 10.9. The van der Waals surface area contributed by atoms with E-state index in [0.717, 1.165) is 27.8 Å². The lowest BCUT2D eigenvalue weighted by Crippen LogP contribution is -2.10. The van der Waals surface area contributed by atoms with Crippen LogP contribution in [0.25, 0.3) is 11.3 Å². The highest BCUT2D eigenvalue weighted by Crippen LogP contribution is 2.25. The number of hydrogen-bond acceptors (Lipinski definition) is 5. The Kier molecular flexibility index (Phi) is 4.95. The van der Waals surface area contributed by atoms with E-state index < -0.39 is 0 Å². The molecule has 2 aromatic heterocycles. The van der Waals surface area contributed by atoms with Gasteiger partial charge in [-0.25, -0.2) is 9.67 Å². The number of aromatic nitrogens is 3. The van der Waals surface area contributed by atoms with Crippen molar-refractivity contribution in [3.8, 4) is 11.3 Å². The van der Waals surface area contributed by atoms with Crippen LogP contribution in [0.15, 0.2) is 35.7 Å². The van der Waals surface area contributed by atoms with Crippen molar-refractivity contribution in [2.45, 2.75) is 20.0 Å². The van der Waals surface area contributed by atoms with Crippen molar-refractivity contribution in [2.24, 2.45) is 0 Å². The standard InChI is InChI=1S/C16H17ClN4OS/c1-11-10-23-16(19-11)9-18-15-8-14(20-21(15)5-6-22)12-3-2-4-13(17)7-12/h2-4,7-8,10,18,22H,5-6,9H2,1H3. The van der Waals surface area contributed by atoms with E-state index in [-0.39, 0.29) is 6.61 Å². The van der Waals surface area contributed by atoms with Gasteiger partial charge in [0, 0.05) is 27.7 Å². The van der Waals surface area contributed by atoms with Crippen LogP contribution in [0.2, 0.25) is 5.02 Å². The van der Waals surface area contributed by atoms with Gasteiger partial charge in [0.15, 0.2) is 0 Å². The highest BCUT2D eigenvalue weighted by Gasteiger charge is 2.10. The summed E-state index contributed by atoms with van der Waals surface area (Å²) < 4.78 is 1.76. The van der Waals surface area contributed by atoms with Gasteiger partial charge in [-0.1, -0.05) is 23.7 Å². The molecule has 0 unspecified atom stereocenters. The molecule has 0 aliphatic rings. The number of benzene rings is 1. The molecule has 0 aliphatic heterocycles. The molecule has 0 fully saturated rings. The zero-order valence-corrected chi connectivity index (χ0v) is 14.2. The Morgan fingerprint density at radius 1 is 1.35 bits per heavy atom. The summed E-state index contributed by atoms with van der Waals surface area (Å²) in [5.74, 6) is 0.849. The Balaban J connectivity index is 1.83. The Hall–Kier alpha value is -1.89. The van der Waals surface area contributed by atoms with Gasteiger partial charge in [-0.05, 0) is 19.1 Å². The molecule has 0 aliphatic carbocycles. The molecular formula is C16H17ClN4OS. The van der Waals surface area contributed by atoms with E-state index in [1.54, 1.807) is 16.0 Å². The molecule has 0 amide bonds. The lowest BCUT2D eigenvalue weighted by atomic mass is 10.1. The molecule has 7 heteroatoms. The molecule has 0 saturated carbocycles. The van der Waals surface area contributed by atoms with Gasteiger partial charge in [-0.15, -0.1) is 11.3 Å². The highest BCUT2D eigenvalue weighted by molar-refractivity contribution is 7.09. The van der Waals surface area contributed by atoms with Crippen LogP contribution in [-0.2, 0) is 13.1 Å². The number of halogens is 1. The summed E-state index contributed by atoms with van der Waals surface area (Å²) in [6, 6.07) is 9.53. The van der Waals surface area contributed by atoms with Crippen LogP contribution >= 0.6 is 22.9 Å². The first-order chi connectivity index (χ1) is 11.2. The SMILES string of the molecule is Cc1csc(CNc2cc(-c3cccc(Cl)c3)nn2CCO)n1. The van der Waals surface area contributed by atoms with E-state index in [0.29, 0.717) is 18.1 Å². The molecule has 1 aromatic carbocycles. The van der Waals surface area contributed by atoms with Crippen molar-refractivity contribution >= 4 is 28.8 Å². The topological polar surface area (TPSA) is 63.0 Å². The van der Waals surface area contributed by atoms with E-state index >= 15 is 0 Å². The summed E-state index contributed by atoms with van der Waals surface area (Å²) in [6.45, 7) is 3.07. The quantitative estimate of drug-likeness (QED) is 0.714. The van der Waals surface area contributed by atoms with Crippen LogP contribution in [0.4, 0.5) is 5.82 Å². The molecule has 0 saturated heterocycles. The van der Waals surface area contributed by atoms with Crippen LogP contribution in [0.1, 0.15) is 10.7 Å². The van der Waals surface area contributed by atoms with Gasteiger partial charge in [0.25, 0.3) is 0 Å². The summed E-state index contributed by atoms with van der Waals surface area (Å²) in [7, 11) is 0.